The van der Waals surface area contributed by atoms with Crippen molar-refractivity contribution in [3.8, 4) is 0 Å². The fourth-order valence-corrected chi connectivity index (χ4v) is 3.34. The van der Waals surface area contributed by atoms with Crippen molar-refractivity contribution in [3.05, 3.63) is 35.4 Å². The second kappa shape index (κ2) is 7.77. The van der Waals surface area contributed by atoms with Crippen LogP contribution in [0.25, 0.3) is 0 Å². The molecule has 20 heavy (non-hydrogen) atoms. The fraction of sp³-hybridized carbons (Fsp3) is 0.647. The van der Waals surface area contributed by atoms with E-state index in [9.17, 15) is 0 Å². The average molecular weight is 276 g/mol. The molecule has 0 radical (unpaired) electrons. The van der Waals surface area contributed by atoms with E-state index in [1.807, 2.05) is 0 Å². The van der Waals surface area contributed by atoms with Crippen molar-refractivity contribution >= 4 is 0 Å². The molecule has 0 aromatic heterocycles. The van der Waals surface area contributed by atoms with Gasteiger partial charge in [-0.1, -0.05) is 37.6 Å². The predicted octanol–water partition coefficient (Wildman–Crippen LogP) is 2.95. The highest BCUT2D eigenvalue weighted by Gasteiger charge is 2.27. The minimum Gasteiger partial charge on any atom is -0.380 e. The molecule has 1 fully saturated rings. The normalized spacial score (nSPS) is 21.2. The van der Waals surface area contributed by atoms with Gasteiger partial charge >= 0.3 is 0 Å². The van der Waals surface area contributed by atoms with Gasteiger partial charge < -0.3 is 10.5 Å². The van der Waals surface area contributed by atoms with Crippen molar-refractivity contribution in [3.63, 3.8) is 0 Å². The maximum Gasteiger partial charge on any atom is 0.0713 e. The third-order valence-electron chi connectivity index (χ3n) is 4.33. The van der Waals surface area contributed by atoms with Crippen LogP contribution < -0.4 is 5.73 Å². The van der Waals surface area contributed by atoms with Gasteiger partial charge in [-0.05, 0) is 36.4 Å². The van der Waals surface area contributed by atoms with Crippen LogP contribution in [-0.4, -0.2) is 31.6 Å². The van der Waals surface area contributed by atoms with Crippen LogP contribution >= 0.6 is 0 Å². The van der Waals surface area contributed by atoms with Gasteiger partial charge in [0.15, 0.2) is 0 Å². The van der Waals surface area contributed by atoms with E-state index in [0.717, 1.165) is 5.92 Å². The van der Waals surface area contributed by atoms with Crippen molar-refractivity contribution in [1.29, 1.82) is 0 Å². The van der Waals surface area contributed by atoms with Crippen LogP contribution in [0.15, 0.2) is 24.3 Å². The zero-order chi connectivity index (χ0) is 14.4. The lowest BCUT2D eigenvalue weighted by atomic mass is 10.0. The van der Waals surface area contributed by atoms with Gasteiger partial charge in [0.05, 0.1) is 6.61 Å². The minimum absolute atomic E-state index is 0.355. The molecule has 112 valence electrons. The van der Waals surface area contributed by atoms with Crippen molar-refractivity contribution < 1.29 is 4.74 Å². The number of likely N-dealkylation sites (tertiary alicyclic amines) is 1. The van der Waals surface area contributed by atoms with Crippen LogP contribution in [0.3, 0.4) is 0 Å². The summed E-state index contributed by atoms with van der Waals surface area (Å²) in [4.78, 5) is 2.56. The number of ether oxygens (including phenoxy) is 1. The van der Waals surface area contributed by atoms with E-state index in [0.29, 0.717) is 19.2 Å². The van der Waals surface area contributed by atoms with Crippen molar-refractivity contribution in [2.24, 2.45) is 11.7 Å². The summed E-state index contributed by atoms with van der Waals surface area (Å²) in [6.07, 6.45) is 3.95. The molecule has 0 bridgehead atoms. The summed E-state index contributed by atoms with van der Waals surface area (Å²) in [7, 11) is 1.74. The van der Waals surface area contributed by atoms with Gasteiger partial charge in [-0.2, -0.15) is 0 Å². The minimum atomic E-state index is 0.355. The van der Waals surface area contributed by atoms with Crippen LogP contribution in [0.2, 0.25) is 0 Å². The molecule has 3 nitrogen and oxygen atoms in total. The lowest BCUT2D eigenvalue weighted by Crippen LogP contribution is -2.32. The lowest BCUT2D eigenvalue weighted by molar-refractivity contribution is 0.184. The average Bonchev–Trinajstić information content (AvgIpc) is 2.89. The van der Waals surface area contributed by atoms with Crippen LogP contribution in [0.4, 0.5) is 0 Å². The number of hydrogen-bond donors (Lipinski definition) is 1. The summed E-state index contributed by atoms with van der Waals surface area (Å²) in [6.45, 7) is 6.02. The van der Waals surface area contributed by atoms with E-state index in [1.54, 1.807) is 7.11 Å². The highest BCUT2D eigenvalue weighted by molar-refractivity contribution is 5.26. The number of rotatable bonds is 7. The summed E-state index contributed by atoms with van der Waals surface area (Å²) in [5.41, 5.74) is 8.62. The Morgan fingerprint density at radius 1 is 1.45 bits per heavy atom. The smallest absolute Gasteiger partial charge is 0.0713 e. The highest BCUT2D eigenvalue weighted by atomic mass is 16.5. The van der Waals surface area contributed by atoms with E-state index < -0.39 is 0 Å². The van der Waals surface area contributed by atoms with Gasteiger partial charge in [-0.15, -0.1) is 0 Å². The summed E-state index contributed by atoms with van der Waals surface area (Å²) < 4.78 is 5.23. The van der Waals surface area contributed by atoms with Crippen molar-refractivity contribution in [2.45, 2.75) is 38.8 Å². The van der Waals surface area contributed by atoms with Gasteiger partial charge in [0, 0.05) is 26.2 Å². The van der Waals surface area contributed by atoms with Crippen LogP contribution in [0, 0.1) is 5.92 Å². The fourth-order valence-electron chi connectivity index (χ4n) is 3.34. The SMILES string of the molecule is CCCC1CCN(C(CN)c2cccc(COC)c2)C1. The molecule has 2 atom stereocenters. The van der Waals surface area contributed by atoms with Gasteiger partial charge in [0.2, 0.25) is 0 Å². The second-order valence-electron chi connectivity index (χ2n) is 5.87. The summed E-state index contributed by atoms with van der Waals surface area (Å²) in [5.74, 6) is 0.858. The maximum absolute atomic E-state index is 6.06. The Balaban J connectivity index is 2.06. The van der Waals surface area contributed by atoms with E-state index in [2.05, 4.69) is 36.1 Å². The van der Waals surface area contributed by atoms with Gasteiger partial charge in [-0.3, -0.25) is 4.90 Å². The molecule has 1 aromatic rings. The Bertz CT molecular complexity index is 408. The van der Waals surface area contributed by atoms with E-state index in [1.165, 1.54) is 43.5 Å². The third kappa shape index (κ3) is 3.81. The van der Waals surface area contributed by atoms with Crippen LogP contribution in [0.5, 0.6) is 0 Å². The highest BCUT2D eigenvalue weighted by Crippen LogP contribution is 2.29. The van der Waals surface area contributed by atoms with E-state index >= 15 is 0 Å². The Morgan fingerprint density at radius 3 is 3.00 bits per heavy atom. The van der Waals surface area contributed by atoms with Crippen LogP contribution in [-0.2, 0) is 11.3 Å². The zero-order valence-corrected chi connectivity index (χ0v) is 12.8. The molecule has 2 unspecified atom stereocenters. The van der Waals surface area contributed by atoms with Gasteiger partial charge in [0.1, 0.15) is 0 Å². The summed E-state index contributed by atoms with van der Waals surface area (Å²) in [5, 5.41) is 0. The molecule has 0 saturated carbocycles. The van der Waals surface area contributed by atoms with Gasteiger partial charge in [-0.25, -0.2) is 0 Å². The Morgan fingerprint density at radius 2 is 2.30 bits per heavy atom. The molecule has 2 N–H and O–H groups in total. The first-order valence-electron chi connectivity index (χ1n) is 7.80. The standard InChI is InChI=1S/C17H28N2O/c1-3-5-14-8-9-19(12-14)17(11-18)16-7-4-6-15(10-16)13-20-2/h4,6-7,10,14,17H,3,5,8-9,11-13,18H2,1-2H3. The van der Waals surface area contributed by atoms with Gasteiger partial charge in [0.25, 0.3) is 0 Å². The predicted molar refractivity (Wildman–Crippen MR) is 83.5 cm³/mol. The number of nitrogens with zero attached hydrogens (tertiary/aromatic N) is 1. The summed E-state index contributed by atoms with van der Waals surface area (Å²) in [6, 6.07) is 9.03. The van der Waals surface area contributed by atoms with E-state index in [4.69, 9.17) is 10.5 Å². The molecule has 0 spiro atoms. The topological polar surface area (TPSA) is 38.5 Å². The number of benzene rings is 1. The van der Waals surface area contributed by atoms with E-state index in [-0.39, 0.29) is 0 Å². The molecule has 0 aliphatic carbocycles. The first-order valence-corrected chi connectivity index (χ1v) is 7.80. The maximum atomic E-state index is 6.06. The molecular formula is C17H28N2O. The monoisotopic (exact) mass is 276 g/mol. The quantitative estimate of drug-likeness (QED) is 0.832. The third-order valence-corrected chi connectivity index (χ3v) is 4.33. The second-order valence-corrected chi connectivity index (χ2v) is 5.87. The van der Waals surface area contributed by atoms with Crippen LogP contribution in [0.1, 0.15) is 43.4 Å². The van der Waals surface area contributed by atoms with Crippen molar-refractivity contribution in [2.75, 3.05) is 26.7 Å². The Hall–Kier alpha value is -0.900. The molecule has 2 rings (SSSR count). The summed E-state index contributed by atoms with van der Waals surface area (Å²) >= 11 is 0. The Kier molecular flexibility index (Phi) is 6.02. The molecular weight excluding hydrogens is 248 g/mol. The first kappa shape index (κ1) is 15.5. The molecule has 1 aliphatic heterocycles. The lowest BCUT2D eigenvalue weighted by Gasteiger charge is -2.27. The molecule has 3 heteroatoms. The Labute approximate surface area is 123 Å². The number of nitrogens with two attached hydrogens (primary N) is 1. The number of methoxy groups -OCH3 is 1. The van der Waals surface area contributed by atoms with Crippen molar-refractivity contribution in [1.82, 2.24) is 4.90 Å². The first-order chi connectivity index (χ1) is 9.78. The zero-order valence-electron chi connectivity index (χ0n) is 12.8. The molecule has 1 aliphatic rings. The molecule has 1 heterocycles. The number of hydrogen-bond acceptors (Lipinski definition) is 3. The molecule has 1 aromatic carbocycles. The largest absolute Gasteiger partial charge is 0.380 e. The molecule has 1 saturated heterocycles. The molecule has 0 amide bonds.